The van der Waals surface area contributed by atoms with Gasteiger partial charge in [0, 0.05) is 0 Å². The van der Waals surface area contributed by atoms with Crippen LogP contribution in [0.1, 0.15) is 94.6 Å². The van der Waals surface area contributed by atoms with Gasteiger partial charge in [0.2, 0.25) is 0 Å². The summed E-state index contributed by atoms with van der Waals surface area (Å²) in [4.78, 5) is 0. The Morgan fingerprint density at radius 2 is 1.50 bits per heavy atom. The van der Waals surface area contributed by atoms with E-state index in [0.29, 0.717) is 0 Å². The van der Waals surface area contributed by atoms with E-state index in [2.05, 4.69) is 31.2 Å². The second-order valence-corrected chi connectivity index (χ2v) is 8.84. The van der Waals surface area contributed by atoms with Crippen molar-refractivity contribution in [3.8, 4) is 0 Å². The third kappa shape index (κ3) is 5.44. The first kappa shape index (κ1) is 19.6. The summed E-state index contributed by atoms with van der Waals surface area (Å²) in [5.74, 6) is 3.42. The lowest BCUT2D eigenvalue weighted by Gasteiger charge is -2.38. The molecule has 3 rings (SSSR count). The summed E-state index contributed by atoms with van der Waals surface area (Å²) in [6, 6.07) is 9.54. The number of allylic oxidation sites excluding steroid dienone is 1. The molecule has 0 radical (unpaired) electrons. The predicted molar refractivity (Wildman–Crippen MR) is 110 cm³/mol. The summed E-state index contributed by atoms with van der Waals surface area (Å²) in [6.07, 6.45) is 18.2. The summed E-state index contributed by atoms with van der Waals surface area (Å²) < 4.78 is 12.2. The topological polar surface area (TPSA) is 0 Å². The highest BCUT2D eigenvalue weighted by Crippen LogP contribution is 2.44. The molecule has 0 amide bonds. The van der Waals surface area contributed by atoms with Crippen molar-refractivity contribution in [1.82, 2.24) is 0 Å². The molecule has 2 aliphatic rings. The molecule has 1 aromatic carbocycles. The molecular weight excluding hydrogens is 319 g/mol. The Morgan fingerprint density at radius 1 is 0.885 bits per heavy atom. The molecule has 0 N–H and O–H groups in total. The molecule has 2 saturated carbocycles. The largest absolute Gasteiger partial charge is 0.216 e. The Labute approximate surface area is 160 Å². The molecule has 0 aliphatic heterocycles. The van der Waals surface area contributed by atoms with Crippen LogP contribution >= 0.6 is 0 Å². The fraction of sp³-hybridized carbons (Fsp3) is 0.680. The Bertz CT molecular complexity index is 528. The second kappa shape index (κ2) is 10.3. The molecular formula is C25H37F. The maximum atomic E-state index is 12.2. The van der Waals surface area contributed by atoms with Gasteiger partial charge in [-0.2, -0.15) is 0 Å². The summed E-state index contributed by atoms with van der Waals surface area (Å²) in [7, 11) is 0. The van der Waals surface area contributed by atoms with Crippen LogP contribution in [0.4, 0.5) is 4.39 Å². The van der Waals surface area contributed by atoms with Crippen LogP contribution in [0.5, 0.6) is 0 Å². The molecule has 0 heterocycles. The minimum atomic E-state index is 0.726. The van der Waals surface area contributed by atoms with E-state index < -0.39 is 0 Å². The van der Waals surface area contributed by atoms with Gasteiger partial charge in [0.05, 0.1) is 6.33 Å². The van der Waals surface area contributed by atoms with Crippen molar-refractivity contribution in [3.05, 3.63) is 47.8 Å². The maximum absolute atomic E-state index is 12.2. The summed E-state index contributed by atoms with van der Waals surface area (Å²) in [5, 5.41) is 0. The number of halogens is 1. The zero-order chi connectivity index (χ0) is 18.2. The van der Waals surface area contributed by atoms with Crippen molar-refractivity contribution in [2.45, 2.75) is 89.9 Å². The highest BCUT2D eigenvalue weighted by molar-refractivity contribution is 5.26. The number of hydrogen-bond donors (Lipinski definition) is 0. The number of aryl methyl sites for hydroxylation is 1. The van der Waals surface area contributed by atoms with Gasteiger partial charge < -0.3 is 0 Å². The van der Waals surface area contributed by atoms with Crippen LogP contribution in [0.15, 0.2) is 36.7 Å². The van der Waals surface area contributed by atoms with Crippen molar-refractivity contribution >= 4 is 0 Å². The van der Waals surface area contributed by atoms with Crippen molar-refractivity contribution in [2.75, 3.05) is 0 Å². The molecule has 1 heteroatoms. The first-order valence-electron chi connectivity index (χ1n) is 11.1. The van der Waals surface area contributed by atoms with Crippen LogP contribution in [0.3, 0.4) is 0 Å². The Hall–Kier alpha value is -1.11. The van der Waals surface area contributed by atoms with Crippen LogP contribution in [-0.4, -0.2) is 0 Å². The van der Waals surface area contributed by atoms with E-state index in [4.69, 9.17) is 0 Å². The lowest BCUT2D eigenvalue weighted by atomic mass is 9.68. The van der Waals surface area contributed by atoms with Gasteiger partial charge in [0.1, 0.15) is 0 Å². The molecule has 144 valence electrons. The molecule has 0 bridgehead atoms. The van der Waals surface area contributed by atoms with Gasteiger partial charge in [-0.25, -0.2) is 4.39 Å². The van der Waals surface area contributed by atoms with E-state index in [9.17, 15) is 4.39 Å². The standard InChI is InChI=1S/C25H37F/c1-2-3-5-20-7-11-22(12-8-20)24-15-17-25(18-16-24)23-13-9-21(10-14-23)6-4-19-26/h4,7-8,11-12,19,21,23-25H,2-3,5-6,9-10,13-18H2,1H3/b19-4+/t21-,23-,24-,25-. The van der Waals surface area contributed by atoms with E-state index in [1.165, 1.54) is 76.2 Å². The minimum absolute atomic E-state index is 0.726. The average Bonchev–Trinajstić information content (AvgIpc) is 2.72. The van der Waals surface area contributed by atoms with Gasteiger partial charge >= 0.3 is 0 Å². The fourth-order valence-electron chi connectivity index (χ4n) is 5.40. The quantitative estimate of drug-likeness (QED) is 0.464. The minimum Gasteiger partial charge on any atom is -0.216 e. The summed E-state index contributed by atoms with van der Waals surface area (Å²) >= 11 is 0. The number of unbranched alkanes of at least 4 members (excludes halogenated alkanes) is 1. The van der Waals surface area contributed by atoms with Crippen LogP contribution < -0.4 is 0 Å². The molecule has 0 unspecified atom stereocenters. The molecule has 0 spiro atoms. The van der Waals surface area contributed by atoms with E-state index in [-0.39, 0.29) is 0 Å². The van der Waals surface area contributed by atoms with Crippen molar-refractivity contribution in [2.24, 2.45) is 17.8 Å². The van der Waals surface area contributed by atoms with Gasteiger partial charge in [-0.05, 0) is 105 Å². The van der Waals surface area contributed by atoms with Gasteiger partial charge in [-0.3, -0.25) is 0 Å². The Morgan fingerprint density at radius 3 is 2.08 bits per heavy atom. The summed E-state index contributed by atoms with van der Waals surface area (Å²) in [6.45, 7) is 2.26. The zero-order valence-electron chi connectivity index (χ0n) is 16.6. The molecule has 0 atom stereocenters. The smallest absolute Gasteiger partial charge is 0.0827 e. The van der Waals surface area contributed by atoms with Crippen molar-refractivity contribution < 1.29 is 4.39 Å². The fourth-order valence-corrected chi connectivity index (χ4v) is 5.40. The first-order valence-corrected chi connectivity index (χ1v) is 11.1. The van der Waals surface area contributed by atoms with Crippen LogP contribution in [0.2, 0.25) is 0 Å². The third-order valence-electron chi connectivity index (χ3n) is 7.16. The highest BCUT2D eigenvalue weighted by atomic mass is 19.1. The lowest BCUT2D eigenvalue weighted by molar-refractivity contribution is 0.160. The van der Waals surface area contributed by atoms with E-state index in [0.717, 1.165) is 36.4 Å². The predicted octanol–water partition coefficient (Wildman–Crippen LogP) is 7.98. The number of hydrogen-bond acceptors (Lipinski definition) is 0. The lowest BCUT2D eigenvalue weighted by Crippen LogP contribution is -2.25. The normalized spacial score (nSPS) is 29.9. The first-order chi connectivity index (χ1) is 12.8. The van der Waals surface area contributed by atoms with Crippen molar-refractivity contribution in [1.29, 1.82) is 0 Å². The van der Waals surface area contributed by atoms with E-state index in [1.807, 2.05) is 0 Å². The van der Waals surface area contributed by atoms with Gasteiger partial charge in [-0.1, -0.05) is 43.7 Å². The number of benzene rings is 1. The third-order valence-corrected chi connectivity index (χ3v) is 7.16. The summed E-state index contributed by atoms with van der Waals surface area (Å²) in [5.41, 5.74) is 3.08. The highest BCUT2D eigenvalue weighted by Gasteiger charge is 2.30. The van der Waals surface area contributed by atoms with Gasteiger partial charge in [0.25, 0.3) is 0 Å². The van der Waals surface area contributed by atoms with Crippen molar-refractivity contribution in [3.63, 3.8) is 0 Å². The zero-order valence-corrected chi connectivity index (χ0v) is 16.6. The monoisotopic (exact) mass is 356 g/mol. The number of rotatable bonds is 7. The van der Waals surface area contributed by atoms with Gasteiger partial charge in [-0.15, -0.1) is 0 Å². The van der Waals surface area contributed by atoms with E-state index in [1.54, 1.807) is 11.6 Å². The average molecular weight is 357 g/mol. The molecule has 1 aromatic rings. The molecule has 0 aromatic heterocycles. The molecule has 0 nitrogen and oxygen atoms in total. The van der Waals surface area contributed by atoms with Crippen LogP contribution in [-0.2, 0) is 6.42 Å². The molecule has 2 aliphatic carbocycles. The van der Waals surface area contributed by atoms with Gasteiger partial charge in [0.15, 0.2) is 0 Å². The Kier molecular flexibility index (Phi) is 7.77. The maximum Gasteiger partial charge on any atom is 0.0827 e. The van der Waals surface area contributed by atoms with Crippen LogP contribution in [0.25, 0.3) is 0 Å². The molecule has 26 heavy (non-hydrogen) atoms. The Balaban J connectivity index is 1.43. The molecule has 0 saturated heterocycles. The van der Waals surface area contributed by atoms with Crippen LogP contribution in [0, 0.1) is 17.8 Å². The van der Waals surface area contributed by atoms with E-state index >= 15 is 0 Å². The SMILES string of the molecule is CCCCc1ccc([C@H]2CC[C@H]([C@H]3CC[C@H](C/C=C/F)CC3)CC2)cc1. The second-order valence-electron chi connectivity index (χ2n) is 8.84. The molecule has 2 fully saturated rings.